The van der Waals surface area contributed by atoms with Crippen LogP contribution in [0.25, 0.3) is 0 Å². The average molecular weight is 249 g/mol. The Kier molecular flexibility index (Phi) is 4.40. The Morgan fingerprint density at radius 1 is 1.41 bits per heavy atom. The molecule has 1 N–H and O–H groups in total. The van der Waals surface area contributed by atoms with Crippen LogP contribution >= 0.6 is 11.3 Å². The maximum atomic E-state index is 5.46. The van der Waals surface area contributed by atoms with Crippen molar-refractivity contribution in [1.29, 1.82) is 0 Å². The Balaban J connectivity index is 1.90. The van der Waals surface area contributed by atoms with Crippen molar-refractivity contribution in [2.24, 2.45) is 0 Å². The minimum atomic E-state index is 0.318. The summed E-state index contributed by atoms with van der Waals surface area (Å²) in [6.07, 6.45) is 3.85. The van der Waals surface area contributed by atoms with Crippen LogP contribution in [-0.4, -0.2) is 6.04 Å². The zero-order valence-electron chi connectivity index (χ0n) is 10.3. The first-order valence-corrected chi connectivity index (χ1v) is 7.04. The lowest BCUT2D eigenvalue weighted by atomic mass is 10.1. The molecule has 0 aliphatic heterocycles. The first-order chi connectivity index (χ1) is 8.29. The highest BCUT2D eigenvalue weighted by Crippen LogP contribution is 2.18. The fourth-order valence-corrected chi connectivity index (χ4v) is 2.74. The number of hydrogen-bond donors (Lipinski definition) is 1. The molecule has 0 aliphatic rings. The summed E-state index contributed by atoms with van der Waals surface area (Å²) in [5.41, 5.74) is 1.41. The lowest BCUT2D eigenvalue weighted by molar-refractivity contribution is 0.371. The molecule has 0 saturated heterocycles. The standard InChI is InChI=1S/C14H19NOS/c1-3-13(14-5-4-7-16-14)15-11(2)9-12-6-8-17-10-12/h4-8,10-11,13,15H,3,9H2,1-2H3. The maximum Gasteiger partial charge on any atom is 0.120 e. The van der Waals surface area contributed by atoms with Crippen LogP contribution in [0.4, 0.5) is 0 Å². The lowest BCUT2D eigenvalue weighted by Gasteiger charge is -2.20. The van der Waals surface area contributed by atoms with Crippen molar-refractivity contribution in [3.05, 3.63) is 46.5 Å². The second-order valence-electron chi connectivity index (χ2n) is 4.38. The van der Waals surface area contributed by atoms with Crippen molar-refractivity contribution >= 4 is 11.3 Å². The fraction of sp³-hybridized carbons (Fsp3) is 0.429. The van der Waals surface area contributed by atoms with Crippen LogP contribution in [0.5, 0.6) is 0 Å². The van der Waals surface area contributed by atoms with Gasteiger partial charge in [0.2, 0.25) is 0 Å². The molecule has 2 aromatic rings. The third-order valence-electron chi connectivity index (χ3n) is 2.90. The van der Waals surface area contributed by atoms with Gasteiger partial charge in [-0.2, -0.15) is 11.3 Å². The predicted octanol–water partition coefficient (Wildman–Crippen LogP) is 4.01. The van der Waals surface area contributed by atoms with E-state index in [0.717, 1.165) is 18.6 Å². The molecule has 92 valence electrons. The van der Waals surface area contributed by atoms with Crippen molar-refractivity contribution < 1.29 is 4.42 Å². The molecule has 2 rings (SSSR count). The van der Waals surface area contributed by atoms with Crippen LogP contribution in [0.15, 0.2) is 39.6 Å². The van der Waals surface area contributed by atoms with Gasteiger partial charge in [0.15, 0.2) is 0 Å². The average Bonchev–Trinajstić information content (AvgIpc) is 2.97. The Hall–Kier alpha value is -1.06. The largest absolute Gasteiger partial charge is 0.468 e. The Morgan fingerprint density at radius 2 is 2.29 bits per heavy atom. The number of rotatable bonds is 6. The van der Waals surface area contributed by atoms with Crippen molar-refractivity contribution in [2.45, 2.75) is 38.8 Å². The van der Waals surface area contributed by atoms with Crippen LogP contribution in [0.1, 0.15) is 37.6 Å². The molecule has 0 radical (unpaired) electrons. The highest BCUT2D eigenvalue weighted by atomic mass is 32.1. The third kappa shape index (κ3) is 3.45. The van der Waals surface area contributed by atoms with Crippen LogP contribution in [0.2, 0.25) is 0 Å². The molecular formula is C14H19NOS. The minimum absolute atomic E-state index is 0.318. The number of furan rings is 1. The van der Waals surface area contributed by atoms with Crippen molar-refractivity contribution in [3.8, 4) is 0 Å². The van der Waals surface area contributed by atoms with Gasteiger partial charge in [-0.25, -0.2) is 0 Å². The first-order valence-electron chi connectivity index (χ1n) is 6.10. The van der Waals surface area contributed by atoms with Crippen molar-refractivity contribution in [1.82, 2.24) is 5.32 Å². The van der Waals surface area contributed by atoms with Gasteiger partial charge < -0.3 is 9.73 Å². The van der Waals surface area contributed by atoms with Gasteiger partial charge in [0, 0.05) is 6.04 Å². The highest BCUT2D eigenvalue weighted by Gasteiger charge is 2.14. The number of hydrogen-bond acceptors (Lipinski definition) is 3. The van der Waals surface area contributed by atoms with Gasteiger partial charge in [-0.05, 0) is 54.3 Å². The van der Waals surface area contributed by atoms with Gasteiger partial charge in [0.25, 0.3) is 0 Å². The molecule has 0 aliphatic carbocycles. The molecule has 0 amide bonds. The number of thiophene rings is 1. The molecule has 2 unspecified atom stereocenters. The van der Waals surface area contributed by atoms with Gasteiger partial charge in [-0.1, -0.05) is 6.92 Å². The maximum absolute atomic E-state index is 5.46. The topological polar surface area (TPSA) is 25.2 Å². The van der Waals surface area contributed by atoms with E-state index in [1.807, 2.05) is 12.1 Å². The molecule has 2 heterocycles. The zero-order chi connectivity index (χ0) is 12.1. The second kappa shape index (κ2) is 6.03. The summed E-state index contributed by atoms with van der Waals surface area (Å²) in [6.45, 7) is 4.40. The van der Waals surface area contributed by atoms with Crippen LogP contribution in [-0.2, 0) is 6.42 Å². The molecule has 2 atom stereocenters. The van der Waals surface area contributed by atoms with Gasteiger partial charge >= 0.3 is 0 Å². The fourth-order valence-electron chi connectivity index (χ4n) is 2.06. The van der Waals surface area contributed by atoms with E-state index in [4.69, 9.17) is 4.42 Å². The van der Waals surface area contributed by atoms with Crippen molar-refractivity contribution in [3.63, 3.8) is 0 Å². The molecule has 2 nitrogen and oxygen atoms in total. The Bertz CT molecular complexity index is 407. The summed E-state index contributed by atoms with van der Waals surface area (Å²) >= 11 is 1.76. The number of nitrogens with one attached hydrogen (secondary N) is 1. The van der Waals surface area contributed by atoms with E-state index < -0.39 is 0 Å². The predicted molar refractivity (Wildman–Crippen MR) is 72.4 cm³/mol. The van der Waals surface area contributed by atoms with E-state index in [0.29, 0.717) is 12.1 Å². The quantitative estimate of drug-likeness (QED) is 0.836. The summed E-state index contributed by atoms with van der Waals surface area (Å²) < 4.78 is 5.46. The van der Waals surface area contributed by atoms with E-state index in [1.54, 1.807) is 17.6 Å². The molecule has 2 aromatic heterocycles. The van der Waals surface area contributed by atoms with E-state index >= 15 is 0 Å². The lowest BCUT2D eigenvalue weighted by Crippen LogP contribution is -2.31. The summed E-state index contributed by atoms with van der Waals surface area (Å²) in [5, 5.41) is 7.96. The summed E-state index contributed by atoms with van der Waals surface area (Å²) in [4.78, 5) is 0. The summed E-state index contributed by atoms with van der Waals surface area (Å²) in [7, 11) is 0. The Morgan fingerprint density at radius 3 is 2.88 bits per heavy atom. The van der Waals surface area contributed by atoms with Gasteiger partial charge in [0.1, 0.15) is 5.76 Å². The molecule has 0 fully saturated rings. The second-order valence-corrected chi connectivity index (χ2v) is 5.16. The molecule has 17 heavy (non-hydrogen) atoms. The zero-order valence-corrected chi connectivity index (χ0v) is 11.2. The smallest absolute Gasteiger partial charge is 0.120 e. The van der Waals surface area contributed by atoms with E-state index in [2.05, 4.69) is 36.0 Å². The summed E-state index contributed by atoms with van der Waals surface area (Å²) in [6, 6.07) is 6.96. The molecular weight excluding hydrogens is 230 g/mol. The normalized spacial score (nSPS) is 14.7. The summed E-state index contributed by atoms with van der Waals surface area (Å²) in [5.74, 6) is 1.03. The van der Waals surface area contributed by atoms with Crippen molar-refractivity contribution in [2.75, 3.05) is 0 Å². The van der Waals surface area contributed by atoms with Gasteiger partial charge in [-0.3, -0.25) is 0 Å². The molecule has 3 heteroatoms. The van der Waals surface area contributed by atoms with Crippen LogP contribution in [0, 0.1) is 0 Å². The first kappa shape index (κ1) is 12.4. The minimum Gasteiger partial charge on any atom is -0.468 e. The third-order valence-corrected chi connectivity index (χ3v) is 3.63. The van der Waals surface area contributed by atoms with E-state index in [9.17, 15) is 0 Å². The highest BCUT2D eigenvalue weighted by molar-refractivity contribution is 7.07. The van der Waals surface area contributed by atoms with Gasteiger partial charge in [0.05, 0.1) is 12.3 Å². The van der Waals surface area contributed by atoms with Gasteiger partial charge in [-0.15, -0.1) is 0 Å². The van der Waals surface area contributed by atoms with E-state index in [-0.39, 0.29) is 0 Å². The SMILES string of the molecule is CCC(NC(C)Cc1ccsc1)c1ccco1. The molecule has 0 aromatic carbocycles. The molecule has 0 spiro atoms. The Labute approximate surface area is 107 Å². The molecule has 0 bridgehead atoms. The van der Waals surface area contributed by atoms with Crippen LogP contribution < -0.4 is 5.32 Å². The monoisotopic (exact) mass is 249 g/mol. The van der Waals surface area contributed by atoms with E-state index in [1.165, 1.54) is 5.56 Å². The molecule has 0 saturated carbocycles. The van der Waals surface area contributed by atoms with Crippen LogP contribution in [0.3, 0.4) is 0 Å².